The summed E-state index contributed by atoms with van der Waals surface area (Å²) in [6.07, 6.45) is 0.808. The summed E-state index contributed by atoms with van der Waals surface area (Å²) in [5.74, 6) is 2.06. The van der Waals surface area contributed by atoms with Crippen molar-refractivity contribution in [3.8, 4) is 11.5 Å². The SMILES string of the molecule is COc1ccc(OC)c(CC(C)C(CN)CO)c1. The molecular weight excluding hydrogens is 230 g/mol. The molecule has 0 aromatic heterocycles. The van der Waals surface area contributed by atoms with E-state index in [0.717, 1.165) is 23.5 Å². The molecule has 2 unspecified atom stereocenters. The van der Waals surface area contributed by atoms with Crippen molar-refractivity contribution in [3.63, 3.8) is 0 Å². The Hall–Kier alpha value is -1.26. The third kappa shape index (κ3) is 3.62. The summed E-state index contributed by atoms with van der Waals surface area (Å²) < 4.78 is 10.6. The Morgan fingerprint density at radius 3 is 2.50 bits per heavy atom. The van der Waals surface area contributed by atoms with Gasteiger partial charge in [0.15, 0.2) is 0 Å². The predicted molar refractivity (Wildman–Crippen MR) is 72.0 cm³/mol. The van der Waals surface area contributed by atoms with Gasteiger partial charge in [0.2, 0.25) is 0 Å². The number of ether oxygens (including phenoxy) is 2. The van der Waals surface area contributed by atoms with Gasteiger partial charge >= 0.3 is 0 Å². The molecule has 0 heterocycles. The Balaban J connectivity index is 2.87. The Labute approximate surface area is 109 Å². The van der Waals surface area contributed by atoms with Crippen molar-refractivity contribution >= 4 is 0 Å². The molecule has 102 valence electrons. The highest BCUT2D eigenvalue weighted by Gasteiger charge is 2.17. The van der Waals surface area contributed by atoms with Crippen molar-refractivity contribution in [1.29, 1.82) is 0 Å². The van der Waals surface area contributed by atoms with E-state index in [1.807, 2.05) is 18.2 Å². The average Bonchev–Trinajstić information content (AvgIpc) is 2.40. The molecule has 0 aliphatic carbocycles. The van der Waals surface area contributed by atoms with E-state index >= 15 is 0 Å². The van der Waals surface area contributed by atoms with Crippen LogP contribution in [-0.4, -0.2) is 32.5 Å². The van der Waals surface area contributed by atoms with Gasteiger partial charge in [-0.05, 0) is 48.6 Å². The van der Waals surface area contributed by atoms with Crippen molar-refractivity contribution in [1.82, 2.24) is 0 Å². The van der Waals surface area contributed by atoms with Crippen molar-refractivity contribution < 1.29 is 14.6 Å². The predicted octanol–water partition coefficient (Wildman–Crippen LogP) is 1.45. The fraction of sp³-hybridized carbons (Fsp3) is 0.571. The number of methoxy groups -OCH3 is 2. The van der Waals surface area contributed by atoms with E-state index in [-0.39, 0.29) is 12.5 Å². The molecule has 0 aliphatic rings. The van der Waals surface area contributed by atoms with Gasteiger partial charge in [-0.2, -0.15) is 0 Å². The molecule has 4 heteroatoms. The van der Waals surface area contributed by atoms with Crippen LogP contribution >= 0.6 is 0 Å². The standard InChI is InChI=1S/C14H23NO3/c1-10(12(8-15)9-16)6-11-7-13(17-2)4-5-14(11)18-3/h4-5,7,10,12,16H,6,8-9,15H2,1-3H3. The molecule has 0 aliphatic heterocycles. The maximum atomic E-state index is 9.27. The molecule has 0 bridgehead atoms. The Bertz CT molecular complexity index is 364. The maximum absolute atomic E-state index is 9.27. The summed E-state index contributed by atoms with van der Waals surface area (Å²) >= 11 is 0. The topological polar surface area (TPSA) is 64.7 Å². The van der Waals surface area contributed by atoms with Gasteiger partial charge in [0.1, 0.15) is 11.5 Å². The van der Waals surface area contributed by atoms with Crippen LogP contribution in [0.2, 0.25) is 0 Å². The summed E-state index contributed by atoms with van der Waals surface area (Å²) in [5, 5.41) is 9.27. The fourth-order valence-corrected chi connectivity index (χ4v) is 2.04. The molecule has 1 aromatic rings. The first-order valence-corrected chi connectivity index (χ1v) is 6.18. The Kier molecular flexibility index (Phi) is 5.95. The van der Waals surface area contributed by atoms with Crippen LogP contribution in [0.5, 0.6) is 11.5 Å². The number of aliphatic hydroxyl groups excluding tert-OH is 1. The second kappa shape index (κ2) is 7.24. The van der Waals surface area contributed by atoms with Crippen LogP contribution in [0.1, 0.15) is 12.5 Å². The molecule has 1 rings (SSSR count). The van der Waals surface area contributed by atoms with E-state index in [9.17, 15) is 5.11 Å². The third-order valence-electron chi connectivity index (χ3n) is 3.37. The lowest BCUT2D eigenvalue weighted by atomic mass is 9.88. The van der Waals surface area contributed by atoms with Gasteiger partial charge in [-0.15, -0.1) is 0 Å². The van der Waals surface area contributed by atoms with E-state index in [1.54, 1.807) is 14.2 Å². The molecule has 4 nitrogen and oxygen atoms in total. The maximum Gasteiger partial charge on any atom is 0.122 e. The minimum atomic E-state index is 0.112. The number of aliphatic hydroxyl groups is 1. The molecule has 0 saturated heterocycles. The second-order valence-electron chi connectivity index (χ2n) is 4.54. The zero-order valence-corrected chi connectivity index (χ0v) is 11.3. The highest BCUT2D eigenvalue weighted by Crippen LogP contribution is 2.28. The zero-order chi connectivity index (χ0) is 13.5. The molecule has 18 heavy (non-hydrogen) atoms. The van der Waals surface area contributed by atoms with E-state index in [1.165, 1.54) is 0 Å². The average molecular weight is 253 g/mol. The second-order valence-corrected chi connectivity index (χ2v) is 4.54. The van der Waals surface area contributed by atoms with Crippen molar-refractivity contribution in [2.75, 3.05) is 27.4 Å². The monoisotopic (exact) mass is 253 g/mol. The van der Waals surface area contributed by atoms with Gasteiger partial charge in [0.05, 0.1) is 14.2 Å². The lowest BCUT2D eigenvalue weighted by Gasteiger charge is -2.21. The van der Waals surface area contributed by atoms with Crippen molar-refractivity contribution in [3.05, 3.63) is 23.8 Å². The first kappa shape index (κ1) is 14.8. The number of nitrogens with two attached hydrogens (primary N) is 1. The van der Waals surface area contributed by atoms with Gasteiger partial charge < -0.3 is 20.3 Å². The van der Waals surface area contributed by atoms with Gasteiger partial charge in [-0.1, -0.05) is 6.92 Å². The molecule has 0 spiro atoms. The van der Waals surface area contributed by atoms with E-state index in [2.05, 4.69) is 6.92 Å². The smallest absolute Gasteiger partial charge is 0.122 e. The lowest BCUT2D eigenvalue weighted by Crippen LogP contribution is -2.26. The van der Waals surface area contributed by atoms with Crippen LogP contribution in [0.4, 0.5) is 0 Å². The number of hydrogen-bond acceptors (Lipinski definition) is 4. The summed E-state index contributed by atoms with van der Waals surface area (Å²) in [6.45, 7) is 2.70. The van der Waals surface area contributed by atoms with Crippen LogP contribution in [0.25, 0.3) is 0 Å². The van der Waals surface area contributed by atoms with Gasteiger partial charge in [-0.3, -0.25) is 0 Å². The summed E-state index contributed by atoms with van der Waals surface area (Å²) in [6, 6.07) is 5.75. The highest BCUT2D eigenvalue weighted by atomic mass is 16.5. The summed E-state index contributed by atoms with van der Waals surface area (Å²) in [4.78, 5) is 0. The molecule has 1 aromatic carbocycles. The Morgan fingerprint density at radius 2 is 2.00 bits per heavy atom. The van der Waals surface area contributed by atoms with Crippen LogP contribution in [0.15, 0.2) is 18.2 Å². The van der Waals surface area contributed by atoms with Gasteiger partial charge in [-0.25, -0.2) is 0 Å². The lowest BCUT2D eigenvalue weighted by molar-refractivity contribution is 0.186. The minimum Gasteiger partial charge on any atom is -0.497 e. The van der Waals surface area contributed by atoms with Gasteiger partial charge in [0.25, 0.3) is 0 Å². The largest absolute Gasteiger partial charge is 0.497 e. The van der Waals surface area contributed by atoms with Crippen LogP contribution in [0, 0.1) is 11.8 Å². The highest BCUT2D eigenvalue weighted by molar-refractivity contribution is 5.40. The van der Waals surface area contributed by atoms with Gasteiger partial charge in [0, 0.05) is 6.61 Å². The summed E-state index contributed by atoms with van der Waals surface area (Å²) in [5.41, 5.74) is 6.73. The molecule has 0 amide bonds. The first-order chi connectivity index (χ1) is 8.65. The van der Waals surface area contributed by atoms with E-state index in [4.69, 9.17) is 15.2 Å². The van der Waals surface area contributed by atoms with Crippen molar-refractivity contribution in [2.45, 2.75) is 13.3 Å². The molecule has 0 radical (unpaired) electrons. The van der Waals surface area contributed by atoms with Crippen LogP contribution in [-0.2, 0) is 6.42 Å². The molecule has 0 saturated carbocycles. The molecular formula is C14H23NO3. The van der Waals surface area contributed by atoms with E-state index < -0.39 is 0 Å². The fourth-order valence-electron chi connectivity index (χ4n) is 2.04. The van der Waals surface area contributed by atoms with Crippen LogP contribution in [0.3, 0.4) is 0 Å². The summed E-state index contributed by atoms with van der Waals surface area (Å²) in [7, 11) is 3.30. The number of benzene rings is 1. The third-order valence-corrected chi connectivity index (χ3v) is 3.37. The molecule has 0 fully saturated rings. The zero-order valence-electron chi connectivity index (χ0n) is 11.3. The van der Waals surface area contributed by atoms with Crippen LogP contribution < -0.4 is 15.2 Å². The number of hydrogen-bond donors (Lipinski definition) is 2. The van der Waals surface area contributed by atoms with E-state index in [0.29, 0.717) is 12.5 Å². The first-order valence-electron chi connectivity index (χ1n) is 6.18. The minimum absolute atomic E-state index is 0.112. The molecule has 2 atom stereocenters. The molecule has 3 N–H and O–H groups in total. The normalized spacial score (nSPS) is 14.1. The quantitative estimate of drug-likeness (QED) is 0.772. The Morgan fingerprint density at radius 1 is 1.28 bits per heavy atom. The van der Waals surface area contributed by atoms with Crippen molar-refractivity contribution in [2.24, 2.45) is 17.6 Å². The number of rotatable bonds is 7.